The maximum Gasteiger partial charge on any atom is 0.417 e. The van der Waals surface area contributed by atoms with Gasteiger partial charge in [-0.2, -0.15) is 17.5 Å². The van der Waals surface area contributed by atoms with Crippen molar-refractivity contribution >= 4 is 33.2 Å². The number of amides is 1. The van der Waals surface area contributed by atoms with Gasteiger partial charge in [0.2, 0.25) is 21.8 Å². The molecule has 0 spiro atoms. The minimum absolute atomic E-state index is 0.00421. The average molecular weight is 492 g/mol. The topological polar surface area (TPSA) is 88.6 Å². The Morgan fingerprint density at radius 3 is 2.59 bits per heavy atom. The molecule has 0 radical (unpaired) electrons. The van der Waals surface area contributed by atoms with Gasteiger partial charge in [-0.3, -0.25) is 4.79 Å². The van der Waals surface area contributed by atoms with Crippen LogP contribution in [-0.2, 0) is 21.0 Å². The van der Waals surface area contributed by atoms with Gasteiger partial charge in [0.1, 0.15) is 5.69 Å². The number of alkyl halides is 3. The van der Waals surface area contributed by atoms with Crippen LogP contribution in [-0.4, -0.2) is 43.3 Å². The number of halogens is 4. The monoisotopic (exact) mass is 491 g/mol. The number of anilines is 1. The number of nitrogens with zero attached hydrogens (tertiary/aromatic N) is 2. The van der Waals surface area contributed by atoms with E-state index in [1.807, 2.05) is 0 Å². The van der Waals surface area contributed by atoms with Crippen molar-refractivity contribution in [2.24, 2.45) is 5.92 Å². The molecular weight excluding hydrogens is 471 g/mol. The minimum Gasteiger partial charge on any atom is -0.476 e. The van der Waals surface area contributed by atoms with E-state index < -0.39 is 37.6 Å². The molecule has 1 saturated heterocycles. The Morgan fingerprint density at radius 2 is 1.97 bits per heavy atom. The van der Waals surface area contributed by atoms with Crippen LogP contribution in [0.3, 0.4) is 0 Å². The second-order valence-electron chi connectivity index (χ2n) is 7.10. The maximum atomic E-state index is 13.1. The molecule has 0 aliphatic carbocycles. The Kier molecular flexibility index (Phi) is 7.31. The number of nitrogens with one attached hydrogen (secondary N) is 1. The molecule has 12 heteroatoms. The molecule has 7 nitrogen and oxygen atoms in total. The first-order chi connectivity index (χ1) is 15.0. The highest BCUT2D eigenvalue weighted by Gasteiger charge is 2.37. The number of sulfonamides is 1. The first-order valence-corrected chi connectivity index (χ1v) is 11.6. The second kappa shape index (κ2) is 9.63. The van der Waals surface area contributed by atoms with E-state index in [2.05, 4.69) is 10.3 Å². The van der Waals surface area contributed by atoms with Crippen LogP contribution in [0, 0.1) is 5.92 Å². The van der Waals surface area contributed by atoms with Crippen LogP contribution >= 0.6 is 11.6 Å². The van der Waals surface area contributed by atoms with Gasteiger partial charge in [0, 0.05) is 25.2 Å². The van der Waals surface area contributed by atoms with E-state index in [4.69, 9.17) is 16.3 Å². The molecule has 1 aliphatic heterocycles. The van der Waals surface area contributed by atoms with E-state index in [9.17, 15) is 26.4 Å². The lowest BCUT2D eigenvalue weighted by molar-refractivity contribution is -0.137. The first-order valence-electron chi connectivity index (χ1n) is 9.79. The number of ether oxygens (including phenoxy) is 1. The van der Waals surface area contributed by atoms with Gasteiger partial charge in [0.15, 0.2) is 0 Å². The molecule has 1 aromatic carbocycles. The summed E-state index contributed by atoms with van der Waals surface area (Å²) in [4.78, 5) is 16.2. The summed E-state index contributed by atoms with van der Waals surface area (Å²) in [6, 6.07) is 5.79. The van der Waals surface area contributed by atoms with Gasteiger partial charge in [-0.1, -0.05) is 11.6 Å². The molecule has 1 fully saturated rings. The summed E-state index contributed by atoms with van der Waals surface area (Å²) in [6.45, 7) is 2.15. The van der Waals surface area contributed by atoms with Crippen molar-refractivity contribution < 1.29 is 31.1 Å². The fourth-order valence-corrected chi connectivity index (χ4v) is 5.08. The van der Waals surface area contributed by atoms with E-state index in [-0.39, 0.29) is 37.7 Å². The Hall–Kier alpha value is -2.37. The summed E-state index contributed by atoms with van der Waals surface area (Å²) in [6.07, 6.45) is -2.81. The molecule has 0 atom stereocenters. The van der Waals surface area contributed by atoms with Gasteiger partial charge in [0.05, 0.1) is 22.1 Å². The van der Waals surface area contributed by atoms with E-state index >= 15 is 0 Å². The van der Waals surface area contributed by atoms with Gasteiger partial charge in [-0.25, -0.2) is 13.4 Å². The third-order valence-electron chi connectivity index (χ3n) is 5.02. The normalized spacial score (nSPS) is 16.0. The smallest absolute Gasteiger partial charge is 0.417 e. The molecule has 1 aliphatic rings. The van der Waals surface area contributed by atoms with Crippen molar-refractivity contribution in [2.45, 2.75) is 30.8 Å². The van der Waals surface area contributed by atoms with Crippen LogP contribution < -0.4 is 10.1 Å². The van der Waals surface area contributed by atoms with E-state index in [1.165, 1.54) is 6.20 Å². The van der Waals surface area contributed by atoms with Crippen molar-refractivity contribution in [2.75, 3.05) is 25.0 Å². The third-order valence-corrected chi connectivity index (χ3v) is 7.24. The standard InChI is InChI=1S/C20H21ClF3N3O4S/c1-2-31-19-17(4-3-9-25-19)26-18(28)13-7-10-27(11-8-13)32(29,30)14-5-6-16(21)15(12-14)20(22,23)24/h3-6,9,12-13H,2,7-8,10-11H2,1H3,(H,26,28). The van der Waals surface area contributed by atoms with E-state index in [0.717, 1.165) is 16.4 Å². The summed E-state index contributed by atoms with van der Waals surface area (Å²) in [5.41, 5.74) is -0.800. The zero-order chi connectivity index (χ0) is 23.5. The Bertz CT molecular complexity index is 1090. The zero-order valence-electron chi connectivity index (χ0n) is 17.0. The van der Waals surface area contributed by atoms with Crippen molar-refractivity contribution in [1.29, 1.82) is 0 Å². The summed E-state index contributed by atoms with van der Waals surface area (Å²) < 4.78 is 71.5. The highest BCUT2D eigenvalue weighted by atomic mass is 35.5. The fourth-order valence-electron chi connectivity index (χ4n) is 3.36. The quantitative estimate of drug-likeness (QED) is 0.654. The molecule has 2 aromatic rings. The number of hydrogen-bond acceptors (Lipinski definition) is 5. The summed E-state index contributed by atoms with van der Waals surface area (Å²) in [5, 5.41) is 2.17. The molecule has 0 saturated carbocycles. The average Bonchev–Trinajstić information content (AvgIpc) is 2.74. The van der Waals surface area contributed by atoms with Crippen LogP contribution in [0.1, 0.15) is 25.3 Å². The van der Waals surface area contributed by atoms with Gasteiger partial charge in [-0.15, -0.1) is 0 Å². The number of carbonyl (C=O) groups excluding carboxylic acids is 1. The molecule has 1 aromatic heterocycles. The number of carbonyl (C=O) groups is 1. The molecule has 174 valence electrons. The fraction of sp³-hybridized carbons (Fsp3) is 0.400. The highest BCUT2D eigenvalue weighted by Crippen LogP contribution is 2.37. The maximum absolute atomic E-state index is 13.1. The molecule has 0 unspecified atom stereocenters. The van der Waals surface area contributed by atoms with Crippen molar-refractivity contribution in [1.82, 2.24) is 9.29 Å². The lowest BCUT2D eigenvalue weighted by Crippen LogP contribution is -2.41. The minimum atomic E-state index is -4.78. The van der Waals surface area contributed by atoms with Crippen molar-refractivity contribution in [3.8, 4) is 5.88 Å². The van der Waals surface area contributed by atoms with Gasteiger partial charge in [0.25, 0.3) is 0 Å². The number of hydrogen-bond donors (Lipinski definition) is 1. The lowest BCUT2D eigenvalue weighted by Gasteiger charge is -2.30. The summed E-state index contributed by atoms with van der Waals surface area (Å²) in [7, 11) is -4.17. The largest absolute Gasteiger partial charge is 0.476 e. The molecule has 2 heterocycles. The van der Waals surface area contributed by atoms with Crippen molar-refractivity contribution in [3.63, 3.8) is 0 Å². The Labute approximate surface area is 188 Å². The van der Waals surface area contributed by atoms with Crippen LogP contribution in [0.5, 0.6) is 5.88 Å². The van der Waals surface area contributed by atoms with Gasteiger partial charge < -0.3 is 10.1 Å². The van der Waals surface area contributed by atoms with E-state index in [0.29, 0.717) is 18.4 Å². The molecule has 1 N–H and O–H groups in total. The number of aromatic nitrogens is 1. The molecule has 3 rings (SSSR count). The second-order valence-corrected chi connectivity index (χ2v) is 9.44. The number of benzene rings is 1. The predicted octanol–water partition coefficient (Wildman–Crippen LogP) is 4.19. The molecule has 32 heavy (non-hydrogen) atoms. The number of pyridine rings is 1. The number of piperidine rings is 1. The lowest BCUT2D eigenvalue weighted by atomic mass is 9.97. The Balaban J connectivity index is 1.68. The molecule has 0 bridgehead atoms. The first kappa shape index (κ1) is 24.3. The molecule has 1 amide bonds. The van der Waals surface area contributed by atoms with Crippen LogP contribution in [0.2, 0.25) is 5.02 Å². The van der Waals surface area contributed by atoms with E-state index in [1.54, 1.807) is 19.1 Å². The summed E-state index contributed by atoms with van der Waals surface area (Å²) in [5.74, 6) is -0.486. The zero-order valence-corrected chi connectivity index (χ0v) is 18.6. The predicted molar refractivity (Wildman–Crippen MR) is 112 cm³/mol. The Morgan fingerprint density at radius 1 is 1.28 bits per heavy atom. The molecular formula is C20H21ClF3N3O4S. The highest BCUT2D eigenvalue weighted by molar-refractivity contribution is 7.89. The third kappa shape index (κ3) is 5.33. The number of rotatable bonds is 6. The van der Waals surface area contributed by atoms with Gasteiger partial charge >= 0.3 is 6.18 Å². The van der Waals surface area contributed by atoms with Crippen molar-refractivity contribution in [3.05, 3.63) is 47.1 Å². The van der Waals surface area contributed by atoms with Gasteiger partial charge in [-0.05, 0) is 50.1 Å². The SMILES string of the molecule is CCOc1ncccc1NC(=O)C1CCN(S(=O)(=O)c2ccc(Cl)c(C(F)(F)F)c2)CC1. The summed E-state index contributed by atoms with van der Waals surface area (Å²) >= 11 is 5.58. The van der Waals surface area contributed by atoms with Crippen LogP contribution in [0.15, 0.2) is 41.4 Å². The van der Waals surface area contributed by atoms with Crippen LogP contribution in [0.25, 0.3) is 0 Å². The van der Waals surface area contributed by atoms with Crippen LogP contribution in [0.4, 0.5) is 18.9 Å².